The van der Waals surface area contributed by atoms with Crippen LogP contribution in [0.4, 0.5) is 0 Å². The number of aromatic hydroxyl groups is 4. The van der Waals surface area contributed by atoms with E-state index in [1.807, 2.05) is 12.1 Å². The van der Waals surface area contributed by atoms with Gasteiger partial charge in [-0.1, -0.05) is 12.1 Å². The van der Waals surface area contributed by atoms with Crippen LogP contribution in [-0.4, -0.2) is 20.4 Å². The summed E-state index contributed by atoms with van der Waals surface area (Å²) in [6.07, 6.45) is 12.5. The SMILES string of the molecule is Oc1ccc(C23CC4CC(CC(C4)C2C2C4CC5CC(C4)CC2(c2ccc(O)cc2O)C5)C3)c(O)c1. The molecule has 2 aromatic rings. The Balaban J connectivity index is 1.34. The summed E-state index contributed by atoms with van der Waals surface area (Å²) in [5.41, 5.74) is 2.05. The van der Waals surface area contributed by atoms with E-state index in [-0.39, 0.29) is 33.8 Å². The van der Waals surface area contributed by atoms with Crippen molar-refractivity contribution >= 4 is 0 Å². The first-order valence-corrected chi connectivity index (χ1v) is 14.4. The van der Waals surface area contributed by atoms with Gasteiger partial charge in [-0.15, -0.1) is 0 Å². The van der Waals surface area contributed by atoms with Gasteiger partial charge >= 0.3 is 0 Å². The maximum atomic E-state index is 11.2. The molecule has 0 heterocycles. The first kappa shape index (κ1) is 21.7. The minimum atomic E-state index is -0.0495. The number of hydrogen-bond donors (Lipinski definition) is 4. The van der Waals surface area contributed by atoms with Crippen molar-refractivity contribution < 1.29 is 20.4 Å². The van der Waals surface area contributed by atoms with E-state index in [4.69, 9.17) is 0 Å². The predicted molar refractivity (Wildman–Crippen MR) is 137 cm³/mol. The van der Waals surface area contributed by atoms with Crippen LogP contribution >= 0.6 is 0 Å². The second-order valence-electron chi connectivity index (χ2n) is 14.0. The van der Waals surface area contributed by atoms with Gasteiger partial charge in [0.25, 0.3) is 0 Å². The molecular formula is C32H38O4. The molecule has 0 aliphatic heterocycles. The summed E-state index contributed by atoms with van der Waals surface area (Å²) >= 11 is 0. The Morgan fingerprint density at radius 3 is 1.19 bits per heavy atom. The molecule has 0 saturated heterocycles. The summed E-state index contributed by atoms with van der Waals surface area (Å²) in [5, 5.41) is 42.8. The summed E-state index contributed by atoms with van der Waals surface area (Å²) in [5.74, 6) is 6.08. The number of benzene rings is 2. The predicted octanol–water partition coefficient (Wildman–Crippen LogP) is 6.60. The highest BCUT2D eigenvalue weighted by Crippen LogP contribution is 2.74. The lowest BCUT2D eigenvalue weighted by Crippen LogP contribution is -2.65. The van der Waals surface area contributed by atoms with Crippen molar-refractivity contribution in [2.24, 2.45) is 47.3 Å². The summed E-state index contributed by atoms with van der Waals surface area (Å²) < 4.78 is 0. The second-order valence-corrected chi connectivity index (χ2v) is 14.0. The molecule has 0 spiro atoms. The van der Waals surface area contributed by atoms with Gasteiger partial charge in [0.15, 0.2) is 0 Å². The van der Waals surface area contributed by atoms with E-state index in [1.165, 1.54) is 38.5 Å². The van der Waals surface area contributed by atoms with Crippen LogP contribution in [0.25, 0.3) is 0 Å². The second kappa shape index (κ2) is 7.14. The van der Waals surface area contributed by atoms with E-state index in [0.717, 1.165) is 60.5 Å². The molecule has 8 aliphatic carbocycles. The molecule has 4 heteroatoms. The van der Waals surface area contributed by atoms with E-state index in [2.05, 4.69) is 0 Å². The molecule has 4 nitrogen and oxygen atoms in total. The van der Waals surface area contributed by atoms with Crippen molar-refractivity contribution in [1.29, 1.82) is 0 Å². The highest BCUT2D eigenvalue weighted by Gasteiger charge is 2.68. The van der Waals surface area contributed by atoms with E-state index in [1.54, 1.807) is 24.3 Å². The number of fused-ring (bicyclic) bond motifs is 1. The lowest BCUT2D eigenvalue weighted by molar-refractivity contribution is -0.164. The normalized spacial score (nSPS) is 45.9. The van der Waals surface area contributed by atoms with Crippen LogP contribution in [0, 0.1) is 47.3 Å². The van der Waals surface area contributed by atoms with Crippen molar-refractivity contribution in [3.63, 3.8) is 0 Å². The molecule has 8 fully saturated rings. The van der Waals surface area contributed by atoms with E-state index < -0.39 is 0 Å². The molecule has 36 heavy (non-hydrogen) atoms. The number of hydrogen-bond acceptors (Lipinski definition) is 4. The standard InChI is InChI=1S/C32H38O4/c33-23-1-3-25(27(35)11-23)31-13-17-5-18(14-31)8-21(7-17)29(31)30-22-9-19-6-20(10-22)16-32(30,15-19)26-4-2-24(34)12-28(26)36/h1-4,11-12,17-22,29-30,33-36H,5-10,13-16H2. The van der Waals surface area contributed by atoms with Gasteiger partial charge in [-0.25, -0.2) is 0 Å². The fourth-order valence-electron chi connectivity index (χ4n) is 12.1. The van der Waals surface area contributed by atoms with E-state index in [9.17, 15) is 20.4 Å². The third kappa shape index (κ3) is 2.77. The maximum Gasteiger partial charge on any atom is 0.123 e. The van der Waals surface area contributed by atoms with Gasteiger partial charge in [-0.2, -0.15) is 0 Å². The Bertz CT molecular complexity index is 1110. The fraction of sp³-hybridized carbons (Fsp3) is 0.625. The van der Waals surface area contributed by atoms with Gasteiger partial charge in [0.1, 0.15) is 23.0 Å². The minimum Gasteiger partial charge on any atom is -0.508 e. The first-order chi connectivity index (χ1) is 17.3. The molecule has 190 valence electrons. The zero-order chi connectivity index (χ0) is 24.4. The molecule has 4 N–H and O–H groups in total. The van der Waals surface area contributed by atoms with Crippen LogP contribution in [0.3, 0.4) is 0 Å². The number of phenols is 4. The zero-order valence-electron chi connectivity index (χ0n) is 20.9. The summed E-state index contributed by atoms with van der Waals surface area (Å²) in [6, 6.07) is 10.7. The van der Waals surface area contributed by atoms with Crippen LogP contribution in [0.1, 0.15) is 75.3 Å². The molecule has 2 aromatic carbocycles. The largest absolute Gasteiger partial charge is 0.508 e. The van der Waals surface area contributed by atoms with E-state index in [0.29, 0.717) is 23.7 Å². The molecule has 6 atom stereocenters. The van der Waals surface area contributed by atoms with Crippen molar-refractivity contribution in [1.82, 2.24) is 0 Å². The Labute approximate surface area is 213 Å². The molecule has 8 aliphatic rings. The molecule has 10 rings (SSSR count). The average Bonchev–Trinajstić information content (AvgIpc) is 2.79. The lowest BCUT2D eigenvalue weighted by atomic mass is 9.33. The molecule has 6 unspecified atom stereocenters. The Kier molecular flexibility index (Phi) is 4.30. The minimum absolute atomic E-state index is 0.0495. The summed E-state index contributed by atoms with van der Waals surface area (Å²) in [6.45, 7) is 0. The summed E-state index contributed by atoms with van der Waals surface area (Å²) in [7, 11) is 0. The zero-order valence-corrected chi connectivity index (χ0v) is 20.9. The van der Waals surface area contributed by atoms with Crippen LogP contribution in [0.15, 0.2) is 36.4 Å². The molecular weight excluding hydrogens is 448 g/mol. The van der Waals surface area contributed by atoms with Crippen LogP contribution in [-0.2, 0) is 10.8 Å². The molecule has 0 radical (unpaired) electrons. The van der Waals surface area contributed by atoms with Crippen molar-refractivity contribution in [2.75, 3.05) is 0 Å². The van der Waals surface area contributed by atoms with Crippen LogP contribution in [0.5, 0.6) is 23.0 Å². The summed E-state index contributed by atoms with van der Waals surface area (Å²) in [4.78, 5) is 0. The third-order valence-electron chi connectivity index (χ3n) is 12.2. The van der Waals surface area contributed by atoms with Crippen molar-refractivity contribution in [3.8, 4) is 23.0 Å². The van der Waals surface area contributed by atoms with Gasteiger partial charge in [-0.05, 0) is 124 Å². The Morgan fingerprint density at radius 2 is 0.861 bits per heavy atom. The molecule has 8 saturated carbocycles. The van der Waals surface area contributed by atoms with Gasteiger partial charge in [0.05, 0.1) is 0 Å². The van der Waals surface area contributed by atoms with Crippen molar-refractivity contribution in [3.05, 3.63) is 47.5 Å². The lowest BCUT2D eigenvalue weighted by Gasteiger charge is -2.71. The number of phenolic OH excluding ortho intramolecular Hbond substituents is 4. The third-order valence-corrected chi connectivity index (χ3v) is 12.2. The quantitative estimate of drug-likeness (QED) is 0.394. The Hall–Kier alpha value is -2.36. The van der Waals surface area contributed by atoms with Crippen LogP contribution in [0.2, 0.25) is 0 Å². The van der Waals surface area contributed by atoms with Crippen molar-refractivity contribution in [2.45, 2.75) is 75.0 Å². The molecule has 8 bridgehead atoms. The van der Waals surface area contributed by atoms with Crippen LogP contribution < -0.4 is 0 Å². The average molecular weight is 487 g/mol. The van der Waals surface area contributed by atoms with Gasteiger partial charge in [-0.3, -0.25) is 0 Å². The Morgan fingerprint density at radius 1 is 0.500 bits per heavy atom. The highest BCUT2D eigenvalue weighted by atomic mass is 16.3. The smallest absolute Gasteiger partial charge is 0.123 e. The fourth-order valence-corrected chi connectivity index (χ4v) is 12.1. The first-order valence-electron chi connectivity index (χ1n) is 14.4. The monoisotopic (exact) mass is 486 g/mol. The van der Waals surface area contributed by atoms with Gasteiger partial charge in [0.2, 0.25) is 0 Å². The maximum absolute atomic E-state index is 11.2. The number of rotatable bonds is 3. The molecule has 0 amide bonds. The molecule has 0 aromatic heterocycles. The van der Waals surface area contributed by atoms with E-state index >= 15 is 0 Å². The van der Waals surface area contributed by atoms with Gasteiger partial charge in [0, 0.05) is 34.1 Å². The topological polar surface area (TPSA) is 80.9 Å². The van der Waals surface area contributed by atoms with Gasteiger partial charge < -0.3 is 20.4 Å². The highest BCUT2D eigenvalue weighted by molar-refractivity contribution is 5.49.